The standard InChI is InChI=1S/C14H20N2O2S3/c1-3-6-15-14(19)16-12-11(13(17)18-4-2)9-5-7-20-8-10(9)21-12/h3-8H2,1-2H3,(H2,15,16,19). The van der Waals surface area contributed by atoms with Crippen LogP contribution in [0.5, 0.6) is 0 Å². The number of thiophene rings is 1. The van der Waals surface area contributed by atoms with Crippen LogP contribution in [0.4, 0.5) is 5.00 Å². The summed E-state index contributed by atoms with van der Waals surface area (Å²) in [6.45, 7) is 5.12. The molecule has 1 aliphatic heterocycles. The third-order valence-corrected chi connectivity index (χ3v) is 5.62. The molecule has 0 aliphatic carbocycles. The Labute approximate surface area is 139 Å². The number of hydrogen-bond acceptors (Lipinski definition) is 5. The number of hydrogen-bond donors (Lipinski definition) is 2. The molecule has 2 heterocycles. The molecule has 2 rings (SSSR count). The number of esters is 1. The monoisotopic (exact) mass is 344 g/mol. The summed E-state index contributed by atoms with van der Waals surface area (Å²) >= 11 is 8.80. The predicted molar refractivity (Wildman–Crippen MR) is 94.7 cm³/mol. The number of ether oxygens (including phenoxy) is 1. The maximum atomic E-state index is 12.3. The van der Waals surface area contributed by atoms with Gasteiger partial charge in [-0.3, -0.25) is 0 Å². The fourth-order valence-electron chi connectivity index (χ4n) is 2.13. The Hall–Kier alpha value is -0.790. The van der Waals surface area contributed by atoms with Crippen molar-refractivity contribution in [3.8, 4) is 0 Å². The molecule has 0 bridgehead atoms. The summed E-state index contributed by atoms with van der Waals surface area (Å²) in [5.74, 6) is 1.76. The van der Waals surface area contributed by atoms with Gasteiger partial charge >= 0.3 is 5.97 Å². The van der Waals surface area contributed by atoms with Crippen molar-refractivity contribution in [3.05, 3.63) is 16.0 Å². The summed E-state index contributed by atoms with van der Waals surface area (Å²) < 4.78 is 5.21. The molecule has 21 heavy (non-hydrogen) atoms. The molecular formula is C14H20N2O2S3. The fraction of sp³-hybridized carbons (Fsp3) is 0.571. The van der Waals surface area contributed by atoms with Crippen LogP contribution in [0.15, 0.2) is 0 Å². The molecule has 0 saturated carbocycles. The van der Waals surface area contributed by atoms with Gasteiger partial charge in [0.25, 0.3) is 0 Å². The zero-order valence-electron chi connectivity index (χ0n) is 12.3. The number of thioether (sulfide) groups is 1. The molecule has 1 aromatic rings. The first-order valence-corrected chi connectivity index (χ1v) is 9.49. The Kier molecular flexibility index (Phi) is 6.32. The number of carbonyl (C=O) groups excluding carboxylic acids is 1. The third kappa shape index (κ3) is 4.11. The average Bonchev–Trinajstić information content (AvgIpc) is 2.83. The number of rotatable bonds is 5. The number of thiocarbonyl (C=S) groups is 1. The number of anilines is 1. The molecule has 0 atom stereocenters. The van der Waals surface area contributed by atoms with Crippen molar-refractivity contribution in [2.45, 2.75) is 32.4 Å². The summed E-state index contributed by atoms with van der Waals surface area (Å²) in [4.78, 5) is 13.5. The van der Waals surface area contributed by atoms with Crippen LogP contribution in [-0.2, 0) is 16.9 Å². The lowest BCUT2D eigenvalue weighted by molar-refractivity contribution is 0.0527. The molecule has 0 fully saturated rings. The first kappa shape index (κ1) is 16.6. The van der Waals surface area contributed by atoms with E-state index in [0.29, 0.717) is 17.3 Å². The second-order valence-corrected chi connectivity index (χ2v) is 7.23. The molecule has 0 unspecified atom stereocenters. The molecule has 7 heteroatoms. The van der Waals surface area contributed by atoms with Gasteiger partial charge in [0, 0.05) is 17.2 Å². The molecule has 4 nitrogen and oxygen atoms in total. The first-order valence-electron chi connectivity index (χ1n) is 7.11. The Balaban J connectivity index is 2.24. The minimum absolute atomic E-state index is 0.248. The quantitative estimate of drug-likeness (QED) is 0.631. The van der Waals surface area contributed by atoms with Crippen molar-refractivity contribution in [3.63, 3.8) is 0 Å². The molecular weight excluding hydrogens is 324 g/mol. The van der Waals surface area contributed by atoms with Crippen LogP contribution in [0, 0.1) is 0 Å². The van der Waals surface area contributed by atoms with E-state index in [1.54, 1.807) is 11.3 Å². The Bertz CT molecular complexity index is 529. The molecule has 0 radical (unpaired) electrons. The number of fused-ring (bicyclic) bond motifs is 1. The Morgan fingerprint density at radius 3 is 2.95 bits per heavy atom. The molecule has 1 aliphatic rings. The average molecular weight is 345 g/mol. The smallest absolute Gasteiger partial charge is 0.341 e. The zero-order chi connectivity index (χ0) is 15.2. The molecule has 2 N–H and O–H groups in total. The van der Waals surface area contributed by atoms with Crippen LogP contribution >= 0.6 is 35.3 Å². The second kappa shape index (κ2) is 8.00. The lowest BCUT2D eigenvalue weighted by atomic mass is 10.1. The van der Waals surface area contributed by atoms with Crippen molar-refractivity contribution in [2.75, 3.05) is 24.2 Å². The summed E-state index contributed by atoms with van der Waals surface area (Å²) in [5.41, 5.74) is 1.82. The van der Waals surface area contributed by atoms with Crippen molar-refractivity contribution in [1.29, 1.82) is 0 Å². The maximum Gasteiger partial charge on any atom is 0.341 e. The van der Waals surface area contributed by atoms with Gasteiger partial charge < -0.3 is 15.4 Å². The van der Waals surface area contributed by atoms with E-state index < -0.39 is 0 Å². The highest BCUT2D eigenvalue weighted by Gasteiger charge is 2.26. The summed E-state index contributed by atoms with van der Waals surface area (Å²) in [7, 11) is 0. The molecule has 0 amide bonds. The highest BCUT2D eigenvalue weighted by molar-refractivity contribution is 7.98. The highest BCUT2D eigenvalue weighted by atomic mass is 32.2. The van der Waals surface area contributed by atoms with E-state index in [-0.39, 0.29) is 5.97 Å². The number of nitrogens with one attached hydrogen (secondary N) is 2. The topological polar surface area (TPSA) is 50.4 Å². The van der Waals surface area contributed by atoms with E-state index in [1.165, 1.54) is 4.88 Å². The summed E-state index contributed by atoms with van der Waals surface area (Å²) in [6, 6.07) is 0. The first-order chi connectivity index (χ1) is 10.2. The van der Waals surface area contributed by atoms with Gasteiger partial charge in [-0.2, -0.15) is 11.8 Å². The predicted octanol–water partition coefficient (Wildman–Crippen LogP) is 3.41. The Morgan fingerprint density at radius 1 is 1.43 bits per heavy atom. The van der Waals surface area contributed by atoms with Crippen molar-refractivity contribution < 1.29 is 9.53 Å². The zero-order valence-corrected chi connectivity index (χ0v) is 14.7. The van der Waals surface area contributed by atoms with Gasteiger partial charge in [0.15, 0.2) is 5.11 Å². The van der Waals surface area contributed by atoms with Gasteiger partial charge in [-0.05, 0) is 43.3 Å². The summed E-state index contributed by atoms with van der Waals surface area (Å²) in [6.07, 6.45) is 1.92. The van der Waals surface area contributed by atoms with Crippen molar-refractivity contribution >= 4 is 51.4 Å². The lowest BCUT2D eigenvalue weighted by Gasteiger charge is -2.12. The third-order valence-electron chi connectivity index (χ3n) is 3.06. The molecule has 116 valence electrons. The van der Waals surface area contributed by atoms with Crippen LogP contribution in [0.2, 0.25) is 0 Å². The minimum Gasteiger partial charge on any atom is -0.462 e. The summed E-state index contributed by atoms with van der Waals surface area (Å²) in [5, 5.41) is 7.68. The van der Waals surface area contributed by atoms with Crippen LogP contribution in [0.3, 0.4) is 0 Å². The van der Waals surface area contributed by atoms with Crippen molar-refractivity contribution in [2.24, 2.45) is 0 Å². The molecule has 0 aromatic carbocycles. The minimum atomic E-state index is -0.248. The van der Waals surface area contributed by atoms with E-state index in [4.69, 9.17) is 17.0 Å². The van der Waals surface area contributed by atoms with Crippen LogP contribution in [0.25, 0.3) is 0 Å². The van der Waals surface area contributed by atoms with Crippen LogP contribution in [-0.4, -0.2) is 30.0 Å². The Morgan fingerprint density at radius 2 is 2.24 bits per heavy atom. The van der Waals surface area contributed by atoms with E-state index in [1.807, 2.05) is 18.7 Å². The van der Waals surface area contributed by atoms with E-state index in [2.05, 4.69) is 17.6 Å². The van der Waals surface area contributed by atoms with Gasteiger partial charge in [0.05, 0.1) is 12.2 Å². The SMILES string of the molecule is CCCNC(=S)Nc1sc2c(c1C(=O)OCC)CCSC2. The van der Waals surface area contributed by atoms with Crippen LogP contribution in [0.1, 0.15) is 41.1 Å². The van der Waals surface area contributed by atoms with Gasteiger partial charge in [0.1, 0.15) is 5.00 Å². The van der Waals surface area contributed by atoms with E-state index in [0.717, 1.165) is 41.5 Å². The van der Waals surface area contributed by atoms with Gasteiger partial charge in [-0.15, -0.1) is 11.3 Å². The lowest BCUT2D eigenvalue weighted by Crippen LogP contribution is -2.29. The molecule has 1 aromatic heterocycles. The number of carbonyl (C=O) groups is 1. The van der Waals surface area contributed by atoms with E-state index >= 15 is 0 Å². The van der Waals surface area contributed by atoms with Crippen LogP contribution < -0.4 is 10.6 Å². The largest absolute Gasteiger partial charge is 0.462 e. The van der Waals surface area contributed by atoms with Crippen molar-refractivity contribution in [1.82, 2.24) is 5.32 Å². The van der Waals surface area contributed by atoms with Gasteiger partial charge in [-0.1, -0.05) is 6.92 Å². The fourth-order valence-corrected chi connectivity index (χ4v) is 4.77. The van der Waals surface area contributed by atoms with E-state index in [9.17, 15) is 4.79 Å². The van der Waals surface area contributed by atoms with Gasteiger partial charge in [0.2, 0.25) is 0 Å². The normalized spacial score (nSPS) is 13.4. The second-order valence-electron chi connectivity index (χ2n) is 4.61. The molecule has 0 saturated heterocycles. The maximum absolute atomic E-state index is 12.3. The molecule has 0 spiro atoms. The highest BCUT2D eigenvalue weighted by Crippen LogP contribution is 2.39. The van der Waals surface area contributed by atoms with Gasteiger partial charge in [-0.25, -0.2) is 4.79 Å².